The molecule has 118 valence electrons. The van der Waals surface area contributed by atoms with E-state index in [1.165, 1.54) is 11.3 Å². The smallest absolute Gasteiger partial charge is 0.332 e. The molecule has 0 saturated heterocycles. The number of carbonyl (C=O) groups is 2. The number of amides is 1. The second kappa shape index (κ2) is 6.56. The minimum absolute atomic E-state index is 0.221. The Morgan fingerprint density at radius 2 is 1.74 bits per heavy atom. The SMILES string of the molecule is O=C(O)C1=C(C(=O)N(c2ccccc2)c2ccc(Cl)s2)CCC1. The highest BCUT2D eigenvalue weighted by Crippen LogP contribution is 2.38. The fraction of sp³-hybridized carbons (Fsp3) is 0.176. The fourth-order valence-corrected chi connectivity index (χ4v) is 3.75. The van der Waals surface area contributed by atoms with Crippen LogP contribution in [-0.2, 0) is 9.59 Å². The lowest BCUT2D eigenvalue weighted by molar-refractivity contribution is -0.133. The third-order valence-corrected chi connectivity index (χ3v) is 4.95. The molecule has 1 amide bonds. The summed E-state index contributed by atoms with van der Waals surface area (Å²) in [6.45, 7) is 0. The Balaban J connectivity index is 2.07. The Morgan fingerprint density at radius 3 is 2.35 bits per heavy atom. The zero-order valence-electron chi connectivity index (χ0n) is 12.2. The number of thiophene rings is 1. The lowest BCUT2D eigenvalue weighted by atomic mass is 10.1. The van der Waals surface area contributed by atoms with Gasteiger partial charge in [0.25, 0.3) is 5.91 Å². The van der Waals surface area contributed by atoms with Gasteiger partial charge in [0.1, 0.15) is 5.00 Å². The van der Waals surface area contributed by atoms with Crippen LogP contribution >= 0.6 is 22.9 Å². The van der Waals surface area contributed by atoms with Crippen molar-refractivity contribution < 1.29 is 14.7 Å². The summed E-state index contributed by atoms with van der Waals surface area (Å²) < 4.78 is 0.576. The molecule has 0 fully saturated rings. The number of rotatable bonds is 4. The third kappa shape index (κ3) is 3.16. The number of nitrogens with zero attached hydrogens (tertiary/aromatic N) is 1. The molecule has 1 heterocycles. The first-order valence-electron chi connectivity index (χ1n) is 7.18. The maximum absolute atomic E-state index is 13.0. The van der Waals surface area contributed by atoms with Crippen LogP contribution in [0.2, 0.25) is 4.34 Å². The van der Waals surface area contributed by atoms with Gasteiger partial charge in [-0.1, -0.05) is 29.8 Å². The first-order valence-corrected chi connectivity index (χ1v) is 8.37. The van der Waals surface area contributed by atoms with Gasteiger partial charge in [-0.3, -0.25) is 9.69 Å². The van der Waals surface area contributed by atoms with Crippen molar-refractivity contribution in [1.82, 2.24) is 0 Å². The summed E-state index contributed by atoms with van der Waals surface area (Å²) in [5.74, 6) is -1.30. The first-order chi connectivity index (χ1) is 11.1. The van der Waals surface area contributed by atoms with Crippen LogP contribution in [0.1, 0.15) is 19.3 Å². The Labute approximate surface area is 142 Å². The van der Waals surface area contributed by atoms with Crippen molar-refractivity contribution in [2.24, 2.45) is 0 Å². The van der Waals surface area contributed by atoms with Crippen molar-refractivity contribution in [3.05, 3.63) is 57.9 Å². The van der Waals surface area contributed by atoms with Crippen LogP contribution in [0.3, 0.4) is 0 Å². The summed E-state index contributed by atoms with van der Waals surface area (Å²) in [6.07, 6.45) is 1.61. The molecule has 1 N–H and O–H groups in total. The summed E-state index contributed by atoms with van der Waals surface area (Å²) >= 11 is 7.30. The summed E-state index contributed by atoms with van der Waals surface area (Å²) in [5.41, 5.74) is 1.30. The molecule has 0 spiro atoms. The summed E-state index contributed by atoms with van der Waals surface area (Å²) in [7, 11) is 0. The number of halogens is 1. The van der Waals surface area contributed by atoms with E-state index >= 15 is 0 Å². The van der Waals surface area contributed by atoms with Crippen LogP contribution in [0, 0.1) is 0 Å². The largest absolute Gasteiger partial charge is 0.478 e. The number of carbonyl (C=O) groups excluding carboxylic acids is 1. The number of anilines is 2. The monoisotopic (exact) mass is 347 g/mol. The summed E-state index contributed by atoms with van der Waals surface area (Å²) in [6, 6.07) is 12.7. The number of hydrogen-bond donors (Lipinski definition) is 1. The van der Waals surface area contributed by atoms with Crippen molar-refractivity contribution >= 4 is 45.5 Å². The van der Waals surface area contributed by atoms with E-state index in [-0.39, 0.29) is 11.5 Å². The normalized spacial score (nSPS) is 14.1. The molecule has 0 atom stereocenters. The molecule has 23 heavy (non-hydrogen) atoms. The molecule has 6 heteroatoms. The molecular weight excluding hydrogens is 334 g/mol. The van der Waals surface area contributed by atoms with Crippen LogP contribution in [0.25, 0.3) is 0 Å². The standard InChI is InChI=1S/C17H14ClNO3S/c18-14-9-10-15(23-14)19(11-5-2-1-3-6-11)16(20)12-7-4-8-13(12)17(21)22/h1-3,5-6,9-10H,4,7-8H2,(H,21,22). The van der Waals surface area contributed by atoms with E-state index in [2.05, 4.69) is 0 Å². The predicted molar refractivity (Wildman–Crippen MR) is 91.4 cm³/mol. The fourth-order valence-electron chi connectivity index (χ4n) is 2.70. The zero-order valence-corrected chi connectivity index (χ0v) is 13.7. The highest BCUT2D eigenvalue weighted by Gasteiger charge is 2.30. The number of carboxylic acids is 1. The van der Waals surface area contributed by atoms with Crippen LogP contribution in [0.15, 0.2) is 53.6 Å². The Bertz CT molecular complexity index is 782. The van der Waals surface area contributed by atoms with E-state index in [9.17, 15) is 14.7 Å². The second-order valence-corrected chi connectivity index (χ2v) is 6.86. The molecule has 0 saturated carbocycles. The molecule has 1 aliphatic rings. The van der Waals surface area contributed by atoms with Gasteiger partial charge in [-0.05, 0) is 43.5 Å². The number of aliphatic carboxylic acids is 1. The van der Waals surface area contributed by atoms with Crippen LogP contribution < -0.4 is 4.90 Å². The van der Waals surface area contributed by atoms with Gasteiger partial charge in [-0.2, -0.15) is 0 Å². The van der Waals surface area contributed by atoms with E-state index in [4.69, 9.17) is 11.6 Å². The molecule has 0 radical (unpaired) electrons. The molecule has 1 aliphatic carbocycles. The maximum Gasteiger partial charge on any atom is 0.332 e. The van der Waals surface area contributed by atoms with Gasteiger partial charge in [0.15, 0.2) is 0 Å². The van der Waals surface area contributed by atoms with Gasteiger partial charge in [0.2, 0.25) is 0 Å². The third-order valence-electron chi connectivity index (χ3n) is 3.73. The first kappa shape index (κ1) is 15.8. The quantitative estimate of drug-likeness (QED) is 0.877. The van der Waals surface area contributed by atoms with Gasteiger partial charge in [0, 0.05) is 11.1 Å². The van der Waals surface area contributed by atoms with Gasteiger partial charge in [0.05, 0.1) is 10.0 Å². The molecule has 0 bridgehead atoms. The number of para-hydroxylation sites is 1. The lowest BCUT2D eigenvalue weighted by Gasteiger charge is -2.22. The van der Waals surface area contributed by atoms with Gasteiger partial charge in [-0.25, -0.2) is 4.79 Å². The predicted octanol–water partition coefficient (Wildman–Crippen LogP) is 4.63. The van der Waals surface area contributed by atoms with Crippen molar-refractivity contribution in [1.29, 1.82) is 0 Å². The lowest BCUT2D eigenvalue weighted by Crippen LogP contribution is -2.27. The van der Waals surface area contributed by atoms with Crippen molar-refractivity contribution in [3.63, 3.8) is 0 Å². The zero-order chi connectivity index (χ0) is 16.4. The number of carboxylic acid groups (broad SMARTS) is 1. The molecule has 0 aliphatic heterocycles. The van der Waals surface area contributed by atoms with E-state index in [0.29, 0.717) is 39.9 Å². The second-order valence-electron chi connectivity index (χ2n) is 5.17. The van der Waals surface area contributed by atoms with E-state index in [1.807, 2.05) is 30.3 Å². The average Bonchev–Trinajstić information content (AvgIpc) is 3.18. The molecule has 0 unspecified atom stereocenters. The Kier molecular flexibility index (Phi) is 4.50. The van der Waals surface area contributed by atoms with Gasteiger partial charge in [-0.15, -0.1) is 11.3 Å². The molecule has 2 aromatic rings. The van der Waals surface area contributed by atoms with E-state index in [0.717, 1.165) is 0 Å². The highest BCUT2D eigenvalue weighted by molar-refractivity contribution is 7.20. The Hall–Kier alpha value is -2.11. The molecule has 1 aromatic heterocycles. The molecule has 3 rings (SSSR count). The van der Waals surface area contributed by atoms with Crippen LogP contribution in [0.5, 0.6) is 0 Å². The maximum atomic E-state index is 13.0. The number of hydrogen-bond acceptors (Lipinski definition) is 3. The van der Waals surface area contributed by atoms with Crippen molar-refractivity contribution in [2.45, 2.75) is 19.3 Å². The van der Waals surface area contributed by atoms with Crippen LogP contribution in [-0.4, -0.2) is 17.0 Å². The van der Waals surface area contributed by atoms with Crippen LogP contribution in [0.4, 0.5) is 10.7 Å². The van der Waals surface area contributed by atoms with Crippen molar-refractivity contribution in [2.75, 3.05) is 4.90 Å². The topological polar surface area (TPSA) is 57.6 Å². The Morgan fingerprint density at radius 1 is 1.04 bits per heavy atom. The molecule has 4 nitrogen and oxygen atoms in total. The number of benzene rings is 1. The minimum Gasteiger partial charge on any atom is -0.478 e. The molecule has 1 aromatic carbocycles. The van der Waals surface area contributed by atoms with E-state index < -0.39 is 5.97 Å². The van der Waals surface area contributed by atoms with Crippen molar-refractivity contribution in [3.8, 4) is 0 Å². The summed E-state index contributed by atoms with van der Waals surface area (Å²) in [5, 5.41) is 9.99. The summed E-state index contributed by atoms with van der Waals surface area (Å²) in [4.78, 5) is 25.9. The van der Waals surface area contributed by atoms with Gasteiger partial charge >= 0.3 is 5.97 Å². The highest BCUT2D eigenvalue weighted by atomic mass is 35.5. The molecular formula is C17H14ClNO3S. The van der Waals surface area contributed by atoms with E-state index in [1.54, 1.807) is 17.0 Å². The average molecular weight is 348 g/mol. The minimum atomic E-state index is -1.01. The van der Waals surface area contributed by atoms with Gasteiger partial charge < -0.3 is 5.11 Å².